The molecular weight excluding hydrogens is 233 g/mol. The standard InChI is InChI=1S/C11H13F3N2O/c12-11(13,14)8-3-1-7(2-4-8)10-15-5-9(17)6-16-10/h5-8,17H,1-4H2. The van der Waals surface area contributed by atoms with E-state index in [-0.39, 0.29) is 24.5 Å². The molecule has 17 heavy (non-hydrogen) atoms. The van der Waals surface area contributed by atoms with Crippen molar-refractivity contribution in [1.82, 2.24) is 9.97 Å². The minimum Gasteiger partial charge on any atom is -0.505 e. The van der Waals surface area contributed by atoms with Crippen molar-refractivity contribution in [2.45, 2.75) is 37.8 Å². The minimum atomic E-state index is -4.08. The number of halogens is 3. The second kappa shape index (κ2) is 4.50. The van der Waals surface area contributed by atoms with Crippen LogP contribution in [-0.2, 0) is 0 Å². The summed E-state index contributed by atoms with van der Waals surface area (Å²) in [5, 5.41) is 9.03. The number of nitrogens with zero attached hydrogens (tertiary/aromatic N) is 2. The third-order valence-corrected chi connectivity index (χ3v) is 3.21. The van der Waals surface area contributed by atoms with Crippen LogP contribution in [0.15, 0.2) is 12.4 Å². The van der Waals surface area contributed by atoms with E-state index >= 15 is 0 Å². The molecule has 2 rings (SSSR count). The average Bonchev–Trinajstić information content (AvgIpc) is 2.29. The fourth-order valence-corrected chi connectivity index (χ4v) is 2.22. The molecule has 1 aliphatic carbocycles. The van der Waals surface area contributed by atoms with E-state index in [2.05, 4.69) is 9.97 Å². The van der Waals surface area contributed by atoms with Gasteiger partial charge in [0.25, 0.3) is 0 Å². The summed E-state index contributed by atoms with van der Waals surface area (Å²) in [5.74, 6) is -0.703. The van der Waals surface area contributed by atoms with Gasteiger partial charge in [-0.1, -0.05) is 0 Å². The lowest BCUT2D eigenvalue weighted by Crippen LogP contribution is -2.27. The number of alkyl halides is 3. The van der Waals surface area contributed by atoms with E-state index in [9.17, 15) is 13.2 Å². The van der Waals surface area contributed by atoms with Crippen LogP contribution in [0.4, 0.5) is 13.2 Å². The first-order chi connectivity index (χ1) is 7.97. The van der Waals surface area contributed by atoms with Crippen molar-refractivity contribution < 1.29 is 18.3 Å². The molecule has 0 radical (unpaired) electrons. The largest absolute Gasteiger partial charge is 0.505 e. The SMILES string of the molecule is Oc1cnc(C2CCC(C(F)(F)F)CC2)nc1. The Hall–Kier alpha value is -1.33. The second-order valence-electron chi connectivity index (χ2n) is 4.39. The first-order valence-electron chi connectivity index (χ1n) is 5.54. The zero-order chi connectivity index (χ0) is 12.5. The molecule has 3 nitrogen and oxygen atoms in total. The van der Waals surface area contributed by atoms with Gasteiger partial charge in [-0.15, -0.1) is 0 Å². The Kier molecular flexibility index (Phi) is 3.22. The highest BCUT2D eigenvalue weighted by Gasteiger charge is 2.41. The van der Waals surface area contributed by atoms with E-state index in [1.54, 1.807) is 0 Å². The van der Waals surface area contributed by atoms with E-state index in [0.717, 1.165) is 0 Å². The van der Waals surface area contributed by atoms with Crippen molar-refractivity contribution in [2.75, 3.05) is 0 Å². The normalized spacial score (nSPS) is 25.8. The van der Waals surface area contributed by atoms with Gasteiger partial charge in [-0.05, 0) is 25.7 Å². The lowest BCUT2D eigenvalue weighted by atomic mass is 9.81. The summed E-state index contributed by atoms with van der Waals surface area (Å²) in [6.45, 7) is 0. The number of hydrogen-bond acceptors (Lipinski definition) is 3. The van der Waals surface area contributed by atoms with E-state index in [4.69, 9.17) is 5.11 Å². The molecule has 0 aliphatic heterocycles. The van der Waals surface area contributed by atoms with E-state index in [0.29, 0.717) is 18.7 Å². The Bertz CT molecular complexity index is 369. The Labute approximate surface area is 96.7 Å². The molecule has 0 unspecified atom stereocenters. The fraction of sp³-hybridized carbons (Fsp3) is 0.636. The highest BCUT2D eigenvalue weighted by molar-refractivity contribution is 5.11. The zero-order valence-electron chi connectivity index (χ0n) is 9.11. The Morgan fingerprint density at radius 1 is 1.06 bits per heavy atom. The first kappa shape index (κ1) is 12.1. The molecule has 1 aliphatic rings. The van der Waals surface area contributed by atoms with Gasteiger partial charge in [0, 0.05) is 5.92 Å². The molecule has 1 heterocycles. The highest BCUT2D eigenvalue weighted by Crippen LogP contribution is 2.42. The summed E-state index contributed by atoms with van der Waals surface area (Å²) in [5.41, 5.74) is 0. The quantitative estimate of drug-likeness (QED) is 0.828. The topological polar surface area (TPSA) is 46.0 Å². The minimum absolute atomic E-state index is 0.0193. The summed E-state index contributed by atoms with van der Waals surface area (Å²) in [4.78, 5) is 7.89. The van der Waals surface area contributed by atoms with Crippen LogP contribution in [0.2, 0.25) is 0 Å². The molecule has 0 aromatic carbocycles. The van der Waals surface area contributed by atoms with Crippen LogP contribution in [0.25, 0.3) is 0 Å². The van der Waals surface area contributed by atoms with Gasteiger partial charge in [-0.2, -0.15) is 13.2 Å². The van der Waals surface area contributed by atoms with Crippen molar-refractivity contribution in [3.8, 4) is 5.75 Å². The van der Waals surface area contributed by atoms with Crippen molar-refractivity contribution in [3.05, 3.63) is 18.2 Å². The van der Waals surface area contributed by atoms with Gasteiger partial charge in [0.15, 0.2) is 5.75 Å². The molecule has 0 spiro atoms. The van der Waals surface area contributed by atoms with E-state index in [1.165, 1.54) is 12.4 Å². The first-order valence-corrected chi connectivity index (χ1v) is 5.54. The summed E-state index contributed by atoms with van der Waals surface area (Å²) in [7, 11) is 0. The second-order valence-corrected chi connectivity index (χ2v) is 4.39. The van der Waals surface area contributed by atoms with Gasteiger partial charge in [-0.25, -0.2) is 9.97 Å². The molecule has 94 valence electrons. The molecule has 0 atom stereocenters. The molecule has 0 amide bonds. The molecule has 0 bridgehead atoms. The van der Waals surface area contributed by atoms with Crippen molar-refractivity contribution in [1.29, 1.82) is 0 Å². The summed E-state index contributed by atoms with van der Waals surface area (Å²) < 4.78 is 37.4. The molecule has 0 saturated heterocycles. The third-order valence-electron chi connectivity index (χ3n) is 3.21. The molecule has 1 aromatic rings. The van der Waals surface area contributed by atoms with E-state index < -0.39 is 12.1 Å². The summed E-state index contributed by atoms with van der Waals surface area (Å²) in [6.07, 6.45) is -0.349. The predicted octanol–water partition coefficient (Wildman–Crippen LogP) is 3.02. The third kappa shape index (κ3) is 2.87. The molecule has 1 fully saturated rings. The van der Waals surface area contributed by atoms with Crippen LogP contribution in [0, 0.1) is 5.92 Å². The van der Waals surface area contributed by atoms with Gasteiger partial charge in [0.1, 0.15) is 5.82 Å². The average molecular weight is 246 g/mol. The zero-order valence-corrected chi connectivity index (χ0v) is 9.11. The van der Waals surface area contributed by atoms with Crippen LogP contribution in [0.5, 0.6) is 5.75 Å². The van der Waals surface area contributed by atoms with Crippen LogP contribution in [0.3, 0.4) is 0 Å². The van der Waals surface area contributed by atoms with Crippen LogP contribution in [0.1, 0.15) is 37.4 Å². The van der Waals surface area contributed by atoms with Gasteiger partial charge < -0.3 is 5.11 Å². The summed E-state index contributed by atoms with van der Waals surface area (Å²) >= 11 is 0. The maximum Gasteiger partial charge on any atom is 0.391 e. The maximum atomic E-state index is 12.5. The van der Waals surface area contributed by atoms with Gasteiger partial charge >= 0.3 is 6.18 Å². The fourth-order valence-electron chi connectivity index (χ4n) is 2.22. The highest BCUT2D eigenvalue weighted by atomic mass is 19.4. The Morgan fingerprint density at radius 3 is 2.06 bits per heavy atom. The molecule has 1 saturated carbocycles. The van der Waals surface area contributed by atoms with Gasteiger partial charge in [-0.3, -0.25) is 0 Å². The van der Waals surface area contributed by atoms with Gasteiger partial charge in [0.05, 0.1) is 18.3 Å². The van der Waals surface area contributed by atoms with Crippen LogP contribution in [-0.4, -0.2) is 21.3 Å². The monoisotopic (exact) mass is 246 g/mol. The Balaban J connectivity index is 1.97. The van der Waals surface area contributed by atoms with Gasteiger partial charge in [0.2, 0.25) is 0 Å². The van der Waals surface area contributed by atoms with Crippen molar-refractivity contribution in [2.24, 2.45) is 5.92 Å². The number of hydrogen-bond donors (Lipinski definition) is 1. The number of aromatic hydroxyl groups is 1. The van der Waals surface area contributed by atoms with E-state index in [1.807, 2.05) is 0 Å². The van der Waals surface area contributed by atoms with Crippen LogP contribution >= 0.6 is 0 Å². The van der Waals surface area contributed by atoms with Crippen molar-refractivity contribution in [3.63, 3.8) is 0 Å². The smallest absolute Gasteiger partial charge is 0.391 e. The lowest BCUT2D eigenvalue weighted by Gasteiger charge is -2.28. The van der Waals surface area contributed by atoms with Crippen molar-refractivity contribution >= 4 is 0 Å². The molecule has 1 N–H and O–H groups in total. The maximum absolute atomic E-state index is 12.5. The molecular formula is C11H13F3N2O. The molecule has 1 aromatic heterocycles. The number of aromatic nitrogens is 2. The molecule has 6 heteroatoms. The lowest BCUT2D eigenvalue weighted by molar-refractivity contribution is -0.182. The van der Waals surface area contributed by atoms with Crippen LogP contribution < -0.4 is 0 Å². The summed E-state index contributed by atoms with van der Waals surface area (Å²) in [6, 6.07) is 0. The Morgan fingerprint density at radius 2 is 1.59 bits per heavy atom. The number of rotatable bonds is 1. The predicted molar refractivity (Wildman–Crippen MR) is 54.5 cm³/mol.